The van der Waals surface area contributed by atoms with Gasteiger partial charge in [0.25, 0.3) is 0 Å². The van der Waals surface area contributed by atoms with Gasteiger partial charge >= 0.3 is 12.0 Å². The quantitative estimate of drug-likeness (QED) is 0.381. The number of amides is 3. The van der Waals surface area contributed by atoms with Gasteiger partial charge in [0.15, 0.2) is 0 Å². The van der Waals surface area contributed by atoms with Crippen molar-refractivity contribution < 1.29 is 24.6 Å². The topological polar surface area (TPSA) is 136 Å². The fourth-order valence-corrected chi connectivity index (χ4v) is 6.71. The highest BCUT2D eigenvalue weighted by Gasteiger charge is 2.60. The second kappa shape index (κ2) is 10.8. The fraction of sp³-hybridized carbons (Fsp3) is 0.542. The number of urea groups is 1. The maximum Gasteiger partial charge on any atom is 0.353 e. The van der Waals surface area contributed by atoms with Gasteiger partial charge in [0.05, 0.1) is 18.1 Å². The number of carboxylic acids is 1. The number of β-lactam (4-membered cyclic amide) rings is 1. The zero-order valence-electron chi connectivity index (χ0n) is 20.0. The number of benzene rings is 1. The summed E-state index contributed by atoms with van der Waals surface area (Å²) in [5, 5.41) is 23.6. The number of thioether (sulfide) groups is 1. The summed E-state index contributed by atoms with van der Waals surface area (Å²) in [4.78, 5) is 39.3. The molecule has 3 aliphatic rings. The van der Waals surface area contributed by atoms with E-state index in [9.17, 15) is 24.6 Å². The van der Waals surface area contributed by atoms with Crippen molar-refractivity contribution in [1.29, 1.82) is 0 Å². The number of aliphatic hydroxyl groups is 1. The molecule has 0 aromatic heterocycles. The number of carbonyl (C=O) groups is 3. The standard InChI is InChI=1S/C24H32N4O5S.ClH/c1-12-19-18(13(2)29)22(30)28(19)20(23(31)32)21(12)34-16-10-17(26-11-16)15-6-4-14(5-7-15)8-9-27(3)24(25)33;/h4-7,12-13,16-19,26,29H,8-11H2,1-3H3,(H2,25,33)(H,31,32);1H/t12-,13-,16+,17-,18-,19-;/m1./s1. The summed E-state index contributed by atoms with van der Waals surface area (Å²) >= 11 is 1.55. The zero-order chi connectivity index (χ0) is 24.7. The van der Waals surface area contributed by atoms with Gasteiger partial charge in [0.1, 0.15) is 5.70 Å². The minimum absolute atomic E-state index is 0. The van der Waals surface area contributed by atoms with E-state index < -0.39 is 24.0 Å². The van der Waals surface area contributed by atoms with E-state index in [1.54, 1.807) is 25.7 Å². The van der Waals surface area contributed by atoms with Crippen LogP contribution in [0.3, 0.4) is 0 Å². The van der Waals surface area contributed by atoms with Gasteiger partial charge in [0.2, 0.25) is 5.91 Å². The Bertz CT molecular complexity index is 1020. The monoisotopic (exact) mass is 524 g/mol. The number of halogens is 1. The van der Waals surface area contributed by atoms with Gasteiger partial charge in [0, 0.05) is 42.3 Å². The van der Waals surface area contributed by atoms with Crippen LogP contribution in [0.25, 0.3) is 0 Å². The molecular weight excluding hydrogens is 492 g/mol. The van der Waals surface area contributed by atoms with Crippen LogP contribution in [0, 0.1) is 11.8 Å². The lowest BCUT2D eigenvalue weighted by Crippen LogP contribution is -2.63. The predicted octanol–water partition coefficient (Wildman–Crippen LogP) is 1.95. The number of nitrogens with zero attached hydrogens (tertiary/aromatic N) is 2. The Hall–Kier alpha value is -2.27. The van der Waals surface area contributed by atoms with Crippen molar-refractivity contribution >= 4 is 42.1 Å². The van der Waals surface area contributed by atoms with Crippen LogP contribution in [0.1, 0.15) is 37.4 Å². The Kier molecular flexibility index (Phi) is 8.41. The average molecular weight is 525 g/mol. The first-order valence-electron chi connectivity index (χ1n) is 11.6. The molecule has 0 unspecified atom stereocenters. The molecule has 35 heavy (non-hydrogen) atoms. The highest BCUT2D eigenvalue weighted by Crippen LogP contribution is 2.52. The second-order valence-electron chi connectivity index (χ2n) is 9.46. The van der Waals surface area contributed by atoms with Crippen molar-refractivity contribution in [3.8, 4) is 0 Å². The smallest absolute Gasteiger partial charge is 0.353 e. The fourth-order valence-electron chi connectivity index (χ4n) is 5.23. The molecule has 0 radical (unpaired) electrons. The lowest BCUT2D eigenvalue weighted by molar-refractivity contribution is -0.163. The molecule has 3 heterocycles. The summed E-state index contributed by atoms with van der Waals surface area (Å²) in [6.07, 6.45) is 0.771. The van der Waals surface area contributed by atoms with Gasteiger partial charge in [-0.05, 0) is 30.9 Å². The van der Waals surface area contributed by atoms with E-state index in [1.807, 2.05) is 6.92 Å². The van der Waals surface area contributed by atoms with Crippen LogP contribution in [0.5, 0.6) is 0 Å². The third-order valence-electron chi connectivity index (χ3n) is 7.19. The molecule has 6 atom stereocenters. The Morgan fingerprint density at radius 1 is 1.31 bits per heavy atom. The molecule has 5 N–H and O–H groups in total. The molecule has 9 nitrogen and oxygen atoms in total. The second-order valence-corrected chi connectivity index (χ2v) is 10.8. The number of hydrogen-bond donors (Lipinski definition) is 4. The zero-order valence-corrected chi connectivity index (χ0v) is 21.6. The maximum absolute atomic E-state index is 12.5. The van der Waals surface area contributed by atoms with E-state index in [0.717, 1.165) is 35.4 Å². The van der Waals surface area contributed by atoms with E-state index in [4.69, 9.17) is 5.73 Å². The van der Waals surface area contributed by atoms with Crippen LogP contribution in [-0.4, -0.2) is 75.5 Å². The molecule has 0 aliphatic carbocycles. The van der Waals surface area contributed by atoms with Crippen molar-refractivity contribution in [3.63, 3.8) is 0 Å². The summed E-state index contributed by atoms with van der Waals surface area (Å²) in [6, 6.07) is 7.72. The number of likely N-dealkylation sites (N-methyl/N-ethyl adjacent to an activating group) is 1. The SMILES string of the molecule is C[C@@H](O)[C@H]1C(=O)N2C(C(=O)O)=C(S[C@@H]3CN[C@@H](c4ccc(CCN(C)C(N)=O)cc4)C3)[C@H](C)[C@H]12.Cl. The Labute approximate surface area is 215 Å². The summed E-state index contributed by atoms with van der Waals surface area (Å²) in [5.74, 6) is -2.05. The Morgan fingerprint density at radius 3 is 2.54 bits per heavy atom. The van der Waals surface area contributed by atoms with Crippen LogP contribution in [-0.2, 0) is 16.0 Å². The number of aliphatic hydroxyl groups excluding tert-OH is 1. The van der Waals surface area contributed by atoms with E-state index in [0.29, 0.717) is 6.54 Å². The van der Waals surface area contributed by atoms with Gasteiger partial charge in [-0.1, -0.05) is 31.2 Å². The minimum atomic E-state index is -1.09. The van der Waals surface area contributed by atoms with Crippen LogP contribution >= 0.6 is 24.2 Å². The van der Waals surface area contributed by atoms with E-state index in [-0.39, 0.29) is 47.3 Å². The van der Waals surface area contributed by atoms with Crippen LogP contribution in [0.4, 0.5) is 4.79 Å². The first kappa shape index (κ1) is 27.3. The number of hydrogen-bond acceptors (Lipinski definition) is 6. The number of aliphatic carboxylic acids is 1. The first-order chi connectivity index (χ1) is 16.1. The van der Waals surface area contributed by atoms with Crippen LogP contribution < -0.4 is 11.1 Å². The molecule has 3 amide bonds. The number of primary amides is 1. The summed E-state index contributed by atoms with van der Waals surface area (Å²) in [7, 11) is 1.68. The van der Waals surface area contributed by atoms with E-state index in [2.05, 4.69) is 29.6 Å². The Balaban J connectivity index is 0.00000342. The molecule has 1 aromatic rings. The maximum atomic E-state index is 12.5. The number of carbonyl (C=O) groups excluding carboxylic acids is 2. The third kappa shape index (κ3) is 5.16. The van der Waals surface area contributed by atoms with Crippen molar-refractivity contribution in [3.05, 3.63) is 46.0 Å². The van der Waals surface area contributed by atoms with Crippen molar-refractivity contribution in [2.45, 2.75) is 50.1 Å². The summed E-state index contributed by atoms with van der Waals surface area (Å²) < 4.78 is 0. The van der Waals surface area contributed by atoms with Crippen molar-refractivity contribution in [2.75, 3.05) is 20.1 Å². The molecule has 2 fully saturated rings. The van der Waals surface area contributed by atoms with Gasteiger partial charge < -0.3 is 31.1 Å². The number of rotatable bonds is 8. The normalized spacial score (nSPS) is 28.3. The largest absolute Gasteiger partial charge is 0.477 e. The van der Waals surface area contributed by atoms with Gasteiger partial charge in [-0.15, -0.1) is 24.2 Å². The van der Waals surface area contributed by atoms with Gasteiger partial charge in [-0.25, -0.2) is 9.59 Å². The Morgan fingerprint density at radius 2 is 1.97 bits per heavy atom. The molecule has 3 aliphatic heterocycles. The number of nitrogens with two attached hydrogens (primary N) is 1. The molecule has 0 bridgehead atoms. The van der Waals surface area contributed by atoms with Gasteiger partial charge in [-0.2, -0.15) is 0 Å². The van der Waals surface area contributed by atoms with E-state index >= 15 is 0 Å². The molecule has 0 saturated carbocycles. The highest BCUT2D eigenvalue weighted by atomic mass is 35.5. The molecule has 1 aromatic carbocycles. The van der Waals surface area contributed by atoms with Crippen LogP contribution in [0.15, 0.2) is 34.9 Å². The third-order valence-corrected chi connectivity index (χ3v) is 8.70. The average Bonchev–Trinajstić information content (AvgIpc) is 3.34. The molecule has 192 valence electrons. The molecule has 2 saturated heterocycles. The minimum Gasteiger partial charge on any atom is -0.477 e. The number of carboxylic acid groups (broad SMARTS) is 1. The van der Waals surface area contributed by atoms with E-state index in [1.165, 1.54) is 9.80 Å². The highest BCUT2D eigenvalue weighted by molar-refractivity contribution is 8.03. The summed E-state index contributed by atoms with van der Waals surface area (Å²) in [6.45, 7) is 4.84. The van der Waals surface area contributed by atoms with Crippen molar-refractivity contribution in [1.82, 2.24) is 15.1 Å². The lowest BCUT2D eigenvalue weighted by Gasteiger charge is -2.46. The molecule has 11 heteroatoms. The molecular formula is C24H33ClN4O5S. The van der Waals surface area contributed by atoms with Gasteiger partial charge in [-0.3, -0.25) is 4.79 Å². The number of fused-ring (bicyclic) bond motifs is 1. The van der Waals surface area contributed by atoms with Crippen LogP contribution in [0.2, 0.25) is 0 Å². The first-order valence-corrected chi connectivity index (χ1v) is 12.5. The predicted molar refractivity (Wildman–Crippen MR) is 136 cm³/mol. The number of nitrogens with one attached hydrogen (secondary N) is 1. The summed E-state index contributed by atoms with van der Waals surface area (Å²) in [5.41, 5.74) is 7.64. The van der Waals surface area contributed by atoms with Crippen molar-refractivity contribution in [2.24, 2.45) is 17.6 Å². The lowest BCUT2D eigenvalue weighted by atomic mass is 9.79. The molecule has 4 rings (SSSR count). The molecule has 0 spiro atoms.